The molecule has 1 amide bonds. The molecule has 0 bridgehead atoms. The Kier molecular flexibility index (Phi) is 3.12. The Balaban J connectivity index is 1.67. The second-order valence-corrected chi connectivity index (χ2v) is 7.76. The molecular formula is C19H17N5OS. The van der Waals surface area contributed by atoms with Crippen molar-refractivity contribution in [2.24, 2.45) is 5.73 Å². The van der Waals surface area contributed by atoms with E-state index in [1.807, 2.05) is 29.8 Å². The van der Waals surface area contributed by atoms with Crippen LogP contribution in [0.1, 0.15) is 18.7 Å². The summed E-state index contributed by atoms with van der Waals surface area (Å²) >= 11 is 1.72. The lowest BCUT2D eigenvalue weighted by Crippen LogP contribution is -2.29. The largest absolute Gasteiger partial charge is 0.388 e. The van der Waals surface area contributed by atoms with Gasteiger partial charge in [0.25, 0.3) is 0 Å². The molecule has 0 radical (unpaired) electrons. The van der Waals surface area contributed by atoms with Crippen LogP contribution in [0.2, 0.25) is 0 Å². The summed E-state index contributed by atoms with van der Waals surface area (Å²) in [6.07, 6.45) is 1.45. The fraction of sp³-hybridized carbons (Fsp3) is 0.211. The first-order chi connectivity index (χ1) is 12.6. The fourth-order valence-corrected chi connectivity index (χ4v) is 4.38. The normalized spacial score (nSPS) is 15.4. The molecule has 1 saturated carbocycles. The van der Waals surface area contributed by atoms with Crippen LogP contribution in [-0.4, -0.2) is 27.6 Å². The molecule has 0 atom stereocenters. The zero-order chi connectivity index (χ0) is 17.9. The average molecular weight is 363 g/mol. The summed E-state index contributed by atoms with van der Waals surface area (Å²) < 4.78 is 3.04. The van der Waals surface area contributed by atoms with Crippen LogP contribution >= 0.6 is 11.3 Å². The second-order valence-electron chi connectivity index (χ2n) is 6.68. The standard InChI is InChI=1S/C19H17N5OS/c1-21-12-5-6-14-11(9-12)10-15(26-14)13-3-2-4-16-22-18(23-24(13)16)19(7-8-19)17(20)25/h2-6,9-10,21H,7-8H2,1H3,(H2,20,25). The number of benzene rings is 1. The molecule has 7 heteroatoms. The van der Waals surface area contributed by atoms with Crippen LogP contribution in [0.4, 0.5) is 5.69 Å². The molecule has 1 fully saturated rings. The number of aromatic nitrogens is 3. The maximum atomic E-state index is 11.8. The van der Waals surface area contributed by atoms with Gasteiger partial charge in [0, 0.05) is 17.4 Å². The van der Waals surface area contributed by atoms with E-state index in [1.165, 1.54) is 10.1 Å². The van der Waals surface area contributed by atoms with E-state index in [2.05, 4.69) is 39.7 Å². The van der Waals surface area contributed by atoms with Crippen molar-refractivity contribution in [3.8, 4) is 10.6 Å². The van der Waals surface area contributed by atoms with Crippen LogP contribution in [0.5, 0.6) is 0 Å². The van der Waals surface area contributed by atoms with Gasteiger partial charge in [0.05, 0.1) is 10.6 Å². The lowest BCUT2D eigenvalue weighted by Gasteiger charge is -2.04. The second kappa shape index (κ2) is 5.28. The first kappa shape index (κ1) is 15.3. The molecule has 0 spiro atoms. The van der Waals surface area contributed by atoms with Crippen molar-refractivity contribution in [3.05, 3.63) is 48.3 Å². The van der Waals surface area contributed by atoms with E-state index in [9.17, 15) is 4.79 Å². The third kappa shape index (κ3) is 2.13. The number of carbonyl (C=O) groups excluding carboxylic acids is 1. The van der Waals surface area contributed by atoms with Crippen molar-refractivity contribution >= 4 is 38.7 Å². The number of anilines is 1. The Morgan fingerprint density at radius 1 is 1.27 bits per heavy atom. The van der Waals surface area contributed by atoms with Crippen LogP contribution in [0.15, 0.2) is 42.5 Å². The number of nitrogens with two attached hydrogens (primary N) is 1. The van der Waals surface area contributed by atoms with Gasteiger partial charge in [0.1, 0.15) is 5.41 Å². The van der Waals surface area contributed by atoms with Gasteiger partial charge in [-0.1, -0.05) is 6.07 Å². The molecule has 4 aromatic rings. The first-order valence-corrected chi connectivity index (χ1v) is 9.30. The van der Waals surface area contributed by atoms with Crippen molar-refractivity contribution in [3.63, 3.8) is 0 Å². The number of hydrogen-bond acceptors (Lipinski definition) is 5. The average Bonchev–Trinajstić information content (AvgIpc) is 3.17. The van der Waals surface area contributed by atoms with Crippen molar-refractivity contribution in [1.82, 2.24) is 14.6 Å². The van der Waals surface area contributed by atoms with Gasteiger partial charge in [-0.15, -0.1) is 16.4 Å². The van der Waals surface area contributed by atoms with E-state index in [-0.39, 0.29) is 5.91 Å². The van der Waals surface area contributed by atoms with Gasteiger partial charge in [0.2, 0.25) is 5.91 Å². The molecule has 3 aromatic heterocycles. The molecule has 130 valence electrons. The van der Waals surface area contributed by atoms with E-state index < -0.39 is 5.41 Å². The summed E-state index contributed by atoms with van der Waals surface area (Å²) in [5, 5.41) is 9.00. The molecule has 5 rings (SSSR count). The molecule has 0 aliphatic heterocycles. The minimum absolute atomic E-state index is 0.337. The Morgan fingerprint density at radius 3 is 2.85 bits per heavy atom. The maximum absolute atomic E-state index is 11.8. The van der Waals surface area contributed by atoms with Gasteiger partial charge in [-0.05, 0) is 54.6 Å². The summed E-state index contributed by atoms with van der Waals surface area (Å²) in [7, 11) is 1.92. The zero-order valence-electron chi connectivity index (χ0n) is 14.2. The number of nitrogens with zero attached hydrogens (tertiary/aromatic N) is 3. The maximum Gasteiger partial charge on any atom is 0.231 e. The highest BCUT2D eigenvalue weighted by atomic mass is 32.1. The van der Waals surface area contributed by atoms with Gasteiger partial charge in [-0.2, -0.15) is 0 Å². The highest BCUT2D eigenvalue weighted by Gasteiger charge is 2.53. The highest BCUT2D eigenvalue weighted by Crippen LogP contribution is 2.46. The van der Waals surface area contributed by atoms with Gasteiger partial charge in [-0.3, -0.25) is 4.79 Å². The van der Waals surface area contributed by atoms with E-state index >= 15 is 0 Å². The monoisotopic (exact) mass is 363 g/mol. The molecule has 1 aromatic carbocycles. The topological polar surface area (TPSA) is 85.3 Å². The number of thiophene rings is 1. The van der Waals surface area contributed by atoms with E-state index in [1.54, 1.807) is 11.3 Å². The summed E-state index contributed by atoms with van der Waals surface area (Å²) in [6.45, 7) is 0. The van der Waals surface area contributed by atoms with Crippen molar-refractivity contribution < 1.29 is 4.79 Å². The lowest BCUT2D eigenvalue weighted by molar-refractivity contribution is -0.120. The summed E-state index contributed by atoms with van der Waals surface area (Å²) in [4.78, 5) is 17.5. The lowest BCUT2D eigenvalue weighted by atomic mass is 10.1. The quantitative estimate of drug-likeness (QED) is 0.583. The highest BCUT2D eigenvalue weighted by molar-refractivity contribution is 7.22. The van der Waals surface area contributed by atoms with Crippen LogP contribution in [0.3, 0.4) is 0 Å². The van der Waals surface area contributed by atoms with Gasteiger partial charge in [0.15, 0.2) is 11.5 Å². The number of hydrogen-bond donors (Lipinski definition) is 2. The zero-order valence-corrected chi connectivity index (χ0v) is 15.0. The van der Waals surface area contributed by atoms with Gasteiger partial charge < -0.3 is 11.1 Å². The van der Waals surface area contributed by atoms with Gasteiger partial charge >= 0.3 is 0 Å². The van der Waals surface area contributed by atoms with Crippen LogP contribution in [-0.2, 0) is 10.2 Å². The van der Waals surface area contributed by atoms with E-state index in [4.69, 9.17) is 5.73 Å². The van der Waals surface area contributed by atoms with Gasteiger partial charge in [-0.25, -0.2) is 9.50 Å². The molecule has 26 heavy (non-hydrogen) atoms. The fourth-order valence-electron chi connectivity index (χ4n) is 3.32. The summed E-state index contributed by atoms with van der Waals surface area (Å²) in [5.74, 6) is 0.201. The van der Waals surface area contributed by atoms with Crippen LogP contribution in [0, 0.1) is 0 Å². The Labute approximate surface area is 153 Å². The molecule has 0 unspecified atom stereocenters. The van der Waals surface area contributed by atoms with Crippen LogP contribution < -0.4 is 11.1 Å². The first-order valence-electron chi connectivity index (χ1n) is 8.49. The van der Waals surface area contributed by atoms with Crippen molar-refractivity contribution in [1.29, 1.82) is 0 Å². The molecule has 0 saturated heterocycles. The number of primary amides is 1. The van der Waals surface area contributed by atoms with E-state index in [0.29, 0.717) is 5.82 Å². The summed E-state index contributed by atoms with van der Waals surface area (Å²) in [5.41, 5.74) is 7.69. The number of fused-ring (bicyclic) bond motifs is 2. The molecule has 1 aliphatic carbocycles. The molecule has 3 heterocycles. The number of carbonyl (C=O) groups is 1. The minimum Gasteiger partial charge on any atom is -0.388 e. The molecule has 1 aliphatic rings. The Morgan fingerprint density at radius 2 is 2.12 bits per heavy atom. The molecule has 3 N–H and O–H groups in total. The van der Waals surface area contributed by atoms with E-state index in [0.717, 1.165) is 34.7 Å². The third-order valence-electron chi connectivity index (χ3n) is 5.07. The third-order valence-corrected chi connectivity index (χ3v) is 6.21. The number of amides is 1. The smallest absolute Gasteiger partial charge is 0.231 e. The SMILES string of the molecule is CNc1ccc2sc(-c3cccc4nc(C5(C(N)=O)CC5)nn34)cc2c1. The summed E-state index contributed by atoms with van der Waals surface area (Å²) in [6, 6.07) is 14.4. The number of rotatable bonds is 4. The Hall–Kier alpha value is -2.93. The van der Waals surface area contributed by atoms with Crippen molar-refractivity contribution in [2.45, 2.75) is 18.3 Å². The number of nitrogens with one attached hydrogen (secondary N) is 1. The minimum atomic E-state index is -0.675. The number of pyridine rings is 1. The Bertz CT molecular complexity index is 1170. The molecular weight excluding hydrogens is 346 g/mol. The predicted octanol–water partition coefficient (Wildman–Crippen LogP) is 3.17. The van der Waals surface area contributed by atoms with Crippen LogP contribution in [0.25, 0.3) is 26.3 Å². The molecule has 6 nitrogen and oxygen atoms in total. The van der Waals surface area contributed by atoms with Crippen molar-refractivity contribution in [2.75, 3.05) is 12.4 Å². The predicted molar refractivity (Wildman–Crippen MR) is 103 cm³/mol.